The smallest absolute Gasteiger partial charge is 0.311 e. The molecule has 0 N–H and O–H groups in total. The maximum absolute atomic E-state index is 11.0. The molecule has 1 aromatic carbocycles. The zero-order valence-electron chi connectivity index (χ0n) is 10.7. The second kappa shape index (κ2) is 8.96. The number of fused-ring (bicyclic) bond motifs is 1. The SMILES string of the molecule is CC.CC.O=C1CCCc2ccccc2O1. The van der Waals surface area contributed by atoms with E-state index >= 15 is 0 Å². The Morgan fingerprint density at radius 2 is 1.62 bits per heavy atom. The number of benzene rings is 1. The van der Waals surface area contributed by atoms with Gasteiger partial charge in [0.2, 0.25) is 0 Å². The molecule has 0 radical (unpaired) electrons. The number of aryl methyl sites for hydroxylation is 1. The van der Waals surface area contributed by atoms with Gasteiger partial charge >= 0.3 is 5.97 Å². The first-order valence-corrected chi connectivity index (χ1v) is 6.15. The molecule has 0 spiro atoms. The van der Waals surface area contributed by atoms with Crippen LogP contribution in [-0.4, -0.2) is 5.97 Å². The molecular formula is C14H22O2. The van der Waals surface area contributed by atoms with Crippen LogP contribution in [-0.2, 0) is 11.2 Å². The summed E-state index contributed by atoms with van der Waals surface area (Å²) in [6.45, 7) is 8.00. The van der Waals surface area contributed by atoms with Gasteiger partial charge in [-0.05, 0) is 24.5 Å². The van der Waals surface area contributed by atoms with Gasteiger partial charge in [0.15, 0.2) is 0 Å². The van der Waals surface area contributed by atoms with Gasteiger partial charge in [-0.25, -0.2) is 0 Å². The number of hydrogen-bond acceptors (Lipinski definition) is 2. The summed E-state index contributed by atoms with van der Waals surface area (Å²) in [7, 11) is 0. The van der Waals surface area contributed by atoms with Crippen molar-refractivity contribution in [1.29, 1.82) is 0 Å². The topological polar surface area (TPSA) is 26.3 Å². The quantitative estimate of drug-likeness (QED) is 0.490. The van der Waals surface area contributed by atoms with E-state index in [1.165, 1.54) is 0 Å². The van der Waals surface area contributed by atoms with Crippen molar-refractivity contribution in [3.63, 3.8) is 0 Å². The zero-order valence-corrected chi connectivity index (χ0v) is 10.7. The molecule has 2 rings (SSSR count). The molecule has 0 amide bonds. The van der Waals surface area contributed by atoms with Crippen LogP contribution in [0.15, 0.2) is 24.3 Å². The third kappa shape index (κ3) is 4.47. The first-order chi connectivity index (χ1) is 7.86. The molecular weight excluding hydrogens is 200 g/mol. The first-order valence-electron chi connectivity index (χ1n) is 6.15. The minimum atomic E-state index is -0.111. The summed E-state index contributed by atoms with van der Waals surface area (Å²) in [6.07, 6.45) is 2.38. The Kier molecular flexibility index (Phi) is 8.22. The summed E-state index contributed by atoms with van der Waals surface area (Å²) in [6, 6.07) is 7.71. The fourth-order valence-electron chi connectivity index (χ4n) is 1.41. The van der Waals surface area contributed by atoms with Crippen LogP contribution in [0, 0.1) is 0 Å². The number of para-hydroxylation sites is 1. The highest BCUT2D eigenvalue weighted by Crippen LogP contribution is 2.23. The third-order valence-electron chi connectivity index (χ3n) is 2.02. The van der Waals surface area contributed by atoms with Crippen LogP contribution in [0.5, 0.6) is 5.75 Å². The second-order valence-electron chi connectivity index (χ2n) is 2.94. The highest BCUT2D eigenvalue weighted by molar-refractivity contribution is 5.73. The summed E-state index contributed by atoms with van der Waals surface area (Å²) in [5.74, 6) is 0.625. The predicted molar refractivity (Wildman–Crippen MR) is 67.7 cm³/mol. The molecule has 16 heavy (non-hydrogen) atoms. The van der Waals surface area contributed by atoms with E-state index in [-0.39, 0.29) is 5.97 Å². The molecule has 0 aliphatic carbocycles. The molecule has 0 saturated heterocycles. The van der Waals surface area contributed by atoms with Gasteiger partial charge in [0.25, 0.3) is 0 Å². The van der Waals surface area contributed by atoms with Crippen molar-refractivity contribution in [2.45, 2.75) is 47.0 Å². The maximum Gasteiger partial charge on any atom is 0.311 e. The molecule has 0 aromatic heterocycles. The van der Waals surface area contributed by atoms with E-state index in [1.807, 2.05) is 52.0 Å². The van der Waals surface area contributed by atoms with Crippen molar-refractivity contribution in [1.82, 2.24) is 0 Å². The van der Waals surface area contributed by atoms with E-state index in [0.717, 1.165) is 24.2 Å². The Labute approximate surface area is 98.6 Å². The Morgan fingerprint density at radius 1 is 1.00 bits per heavy atom. The van der Waals surface area contributed by atoms with E-state index in [9.17, 15) is 4.79 Å². The van der Waals surface area contributed by atoms with Crippen LogP contribution in [0.3, 0.4) is 0 Å². The van der Waals surface area contributed by atoms with Gasteiger partial charge in [-0.15, -0.1) is 0 Å². The lowest BCUT2D eigenvalue weighted by atomic mass is 10.1. The molecule has 0 saturated carbocycles. The number of rotatable bonds is 0. The molecule has 1 heterocycles. The van der Waals surface area contributed by atoms with Crippen LogP contribution in [0.4, 0.5) is 0 Å². The van der Waals surface area contributed by atoms with E-state index in [0.29, 0.717) is 6.42 Å². The number of hydrogen-bond donors (Lipinski definition) is 0. The van der Waals surface area contributed by atoms with Crippen LogP contribution >= 0.6 is 0 Å². The number of esters is 1. The lowest BCUT2D eigenvalue weighted by Crippen LogP contribution is -2.04. The molecule has 0 bridgehead atoms. The monoisotopic (exact) mass is 222 g/mol. The average molecular weight is 222 g/mol. The fourth-order valence-corrected chi connectivity index (χ4v) is 1.41. The van der Waals surface area contributed by atoms with Gasteiger partial charge in [0.1, 0.15) is 5.75 Å². The molecule has 1 aliphatic rings. The van der Waals surface area contributed by atoms with E-state index in [1.54, 1.807) is 0 Å². The van der Waals surface area contributed by atoms with Crippen molar-refractivity contribution < 1.29 is 9.53 Å². The van der Waals surface area contributed by atoms with Gasteiger partial charge < -0.3 is 4.74 Å². The summed E-state index contributed by atoms with van der Waals surface area (Å²) in [5, 5.41) is 0. The Hall–Kier alpha value is -1.31. The Bertz CT molecular complexity index is 305. The molecule has 2 nitrogen and oxygen atoms in total. The van der Waals surface area contributed by atoms with Crippen LogP contribution in [0.25, 0.3) is 0 Å². The van der Waals surface area contributed by atoms with Crippen molar-refractivity contribution in [3.05, 3.63) is 29.8 Å². The summed E-state index contributed by atoms with van der Waals surface area (Å²) < 4.78 is 5.12. The van der Waals surface area contributed by atoms with E-state index in [2.05, 4.69) is 0 Å². The largest absolute Gasteiger partial charge is 0.426 e. The predicted octanol–water partition coefficient (Wildman–Crippen LogP) is 3.98. The van der Waals surface area contributed by atoms with E-state index < -0.39 is 0 Å². The van der Waals surface area contributed by atoms with Gasteiger partial charge in [-0.2, -0.15) is 0 Å². The maximum atomic E-state index is 11.0. The highest BCUT2D eigenvalue weighted by Gasteiger charge is 2.13. The Morgan fingerprint density at radius 3 is 2.31 bits per heavy atom. The number of carbonyl (C=O) groups excluding carboxylic acids is 1. The third-order valence-corrected chi connectivity index (χ3v) is 2.02. The normalized spacial score (nSPS) is 12.9. The van der Waals surface area contributed by atoms with Crippen LogP contribution in [0.2, 0.25) is 0 Å². The molecule has 1 aliphatic heterocycles. The van der Waals surface area contributed by atoms with Crippen LogP contribution in [0.1, 0.15) is 46.1 Å². The van der Waals surface area contributed by atoms with Crippen molar-refractivity contribution >= 4 is 5.97 Å². The van der Waals surface area contributed by atoms with Crippen molar-refractivity contribution in [2.75, 3.05) is 0 Å². The number of carbonyl (C=O) groups is 1. The molecule has 90 valence electrons. The average Bonchev–Trinajstić information content (AvgIpc) is 2.55. The highest BCUT2D eigenvalue weighted by atomic mass is 16.5. The van der Waals surface area contributed by atoms with Gasteiger partial charge in [-0.1, -0.05) is 45.9 Å². The fraction of sp³-hybridized carbons (Fsp3) is 0.500. The summed E-state index contributed by atoms with van der Waals surface area (Å²) >= 11 is 0. The lowest BCUT2D eigenvalue weighted by Gasteiger charge is -2.02. The Balaban J connectivity index is 0.000000509. The van der Waals surface area contributed by atoms with Crippen LogP contribution < -0.4 is 4.74 Å². The molecule has 2 heteroatoms. The molecule has 1 aromatic rings. The number of ether oxygens (including phenoxy) is 1. The molecule has 0 atom stereocenters. The van der Waals surface area contributed by atoms with Crippen molar-refractivity contribution in [2.24, 2.45) is 0 Å². The van der Waals surface area contributed by atoms with Gasteiger partial charge in [0, 0.05) is 6.42 Å². The first kappa shape index (κ1) is 14.7. The summed E-state index contributed by atoms with van der Waals surface area (Å²) in [4.78, 5) is 11.0. The summed E-state index contributed by atoms with van der Waals surface area (Å²) in [5.41, 5.74) is 1.14. The second-order valence-corrected chi connectivity index (χ2v) is 2.94. The standard InChI is InChI=1S/C10H10O2.2C2H6/c11-10-7-3-5-8-4-1-2-6-9(8)12-10;2*1-2/h1-2,4,6H,3,5,7H2;2*1-2H3. The zero-order chi connectivity index (χ0) is 12.4. The molecule has 0 unspecified atom stereocenters. The lowest BCUT2D eigenvalue weighted by molar-refractivity contribution is -0.134. The minimum Gasteiger partial charge on any atom is -0.426 e. The van der Waals surface area contributed by atoms with Crippen molar-refractivity contribution in [3.8, 4) is 5.75 Å². The minimum absolute atomic E-state index is 0.111. The van der Waals surface area contributed by atoms with E-state index in [4.69, 9.17) is 4.74 Å². The molecule has 0 fully saturated rings. The van der Waals surface area contributed by atoms with Gasteiger partial charge in [-0.3, -0.25) is 4.79 Å². The van der Waals surface area contributed by atoms with Gasteiger partial charge in [0.05, 0.1) is 0 Å².